The van der Waals surface area contributed by atoms with Crippen LogP contribution in [-0.2, 0) is 27.6 Å². The summed E-state index contributed by atoms with van der Waals surface area (Å²) in [5, 5.41) is 0. The number of carbonyl (C=O) groups is 1. The number of aliphatic imine (C=N–C) groups is 1. The van der Waals surface area contributed by atoms with E-state index in [1.54, 1.807) is 0 Å². The highest BCUT2D eigenvalue weighted by atomic mass is 32.2. The Morgan fingerprint density at radius 3 is 1.95 bits per heavy atom. The Labute approximate surface area is 216 Å². The predicted molar refractivity (Wildman–Crippen MR) is 122 cm³/mol. The minimum absolute atomic E-state index is 0.0331. The van der Waals surface area contributed by atoms with Gasteiger partial charge in [0.05, 0.1) is 29.2 Å². The third-order valence-electron chi connectivity index (χ3n) is 7.01. The molecule has 1 saturated heterocycles. The molecule has 0 bridgehead atoms. The van der Waals surface area contributed by atoms with Crippen molar-refractivity contribution < 1.29 is 52.7 Å². The van der Waals surface area contributed by atoms with Crippen LogP contribution in [0.15, 0.2) is 41.4 Å². The molecule has 4 nitrogen and oxygen atoms in total. The number of hydrogen-bond donors (Lipinski definition) is 0. The van der Waals surface area contributed by atoms with Gasteiger partial charge in [-0.05, 0) is 53.8 Å². The lowest BCUT2D eigenvalue weighted by molar-refractivity contribution is -0.184. The van der Waals surface area contributed by atoms with Gasteiger partial charge in [-0.25, -0.2) is 8.42 Å². The normalized spacial score (nSPS) is 21.9. The minimum Gasteiger partial charge on any atom is -0.294 e. The number of rotatable bonds is 5. The number of sulfone groups is 1. The largest absolute Gasteiger partial charge is 0.416 e. The van der Waals surface area contributed by atoms with Crippen LogP contribution in [0.2, 0.25) is 0 Å². The highest BCUT2D eigenvalue weighted by Crippen LogP contribution is 2.50. The van der Waals surface area contributed by atoms with Crippen LogP contribution in [-0.4, -0.2) is 44.1 Å². The molecule has 2 aliphatic heterocycles. The second kappa shape index (κ2) is 9.34. The molecule has 4 rings (SSSR count). The third-order valence-corrected chi connectivity index (χ3v) is 8.96. The molecule has 1 unspecified atom stereocenters. The van der Waals surface area contributed by atoms with Crippen molar-refractivity contribution in [2.45, 2.75) is 43.7 Å². The molecule has 2 aliphatic rings. The molecular formula is C25H20F9NO3S. The van der Waals surface area contributed by atoms with E-state index in [1.807, 2.05) is 0 Å². The Hall–Kier alpha value is -2.90. The quantitative estimate of drug-likeness (QED) is 0.304. The van der Waals surface area contributed by atoms with Crippen molar-refractivity contribution >= 4 is 21.3 Å². The van der Waals surface area contributed by atoms with E-state index < -0.39 is 63.4 Å². The maximum absolute atomic E-state index is 14.4. The maximum Gasteiger partial charge on any atom is 0.416 e. The Bertz CT molecular complexity index is 1410. The number of Topliss-reactive ketones (excluding diaryl/α,β-unsaturated/α-hetero) is 1. The zero-order chi connectivity index (χ0) is 29.2. The van der Waals surface area contributed by atoms with E-state index in [0.29, 0.717) is 5.56 Å². The summed E-state index contributed by atoms with van der Waals surface area (Å²) in [7, 11) is -3.14. The van der Waals surface area contributed by atoms with E-state index in [1.165, 1.54) is 25.1 Å². The summed E-state index contributed by atoms with van der Waals surface area (Å²) in [4.78, 5) is 16.5. The van der Waals surface area contributed by atoms with E-state index in [2.05, 4.69) is 4.99 Å². The monoisotopic (exact) mass is 585 g/mol. The molecule has 1 fully saturated rings. The summed E-state index contributed by atoms with van der Waals surface area (Å²) in [5.74, 6) is -0.918. The number of hydrogen-bond acceptors (Lipinski definition) is 4. The SMILES string of the molecule is Cc1cc(C2=NCC(c3cc(C(F)(F)F)cc(C(F)(F)F)c3)(C(F)(F)F)C2)ccc1C(=O)CC1CS(=O)(=O)C1. The van der Waals surface area contributed by atoms with E-state index in [9.17, 15) is 52.7 Å². The molecule has 39 heavy (non-hydrogen) atoms. The Morgan fingerprint density at radius 1 is 0.923 bits per heavy atom. The number of aryl methyl sites for hydroxylation is 1. The first-order chi connectivity index (χ1) is 17.7. The van der Waals surface area contributed by atoms with Gasteiger partial charge < -0.3 is 0 Å². The average molecular weight is 585 g/mol. The predicted octanol–water partition coefficient (Wildman–Crippen LogP) is 6.34. The minimum atomic E-state index is -5.33. The van der Waals surface area contributed by atoms with Crippen LogP contribution in [0.3, 0.4) is 0 Å². The van der Waals surface area contributed by atoms with Crippen molar-refractivity contribution in [1.29, 1.82) is 0 Å². The van der Waals surface area contributed by atoms with Crippen molar-refractivity contribution in [2.75, 3.05) is 18.1 Å². The zero-order valence-corrected chi connectivity index (χ0v) is 20.9. The van der Waals surface area contributed by atoms with Crippen molar-refractivity contribution in [1.82, 2.24) is 0 Å². The van der Waals surface area contributed by atoms with Gasteiger partial charge in [-0.3, -0.25) is 9.79 Å². The van der Waals surface area contributed by atoms with Gasteiger partial charge in [0, 0.05) is 24.1 Å². The second-order valence-electron chi connectivity index (χ2n) is 9.91. The fourth-order valence-electron chi connectivity index (χ4n) is 4.91. The lowest BCUT2D eigenvalue weighted by Gasteiger charge is -2.32. The van der Waals surface area contributed by atoms with Crippen LogP contribution in [0.25, 0.3) is 0 Å². The Kier molecular flexibility index (Phi) is 6.97. The van der Waals surface area contributed by atoms with Gasteiger partial charge in [-0.2, -0.15) is 39.5 Å². The highest BCUT2D eigenvalue weighted by Gasteiger charge is 2.59. The van der Waals surface area contributed by atoms with E-state index in [-0.39, 0.29) is 64.7 Å². The molecule has 0 aromatic heterocycles. The van der Waals surface area contributed by atoms with Gasteiger partial charge in [0.1, 0.15) is 5.41 Å². The van der Waals surface area contributed by atoms with Crippen molar-refractivity contribution in [3.8, 4) is 0 Å². The molecule has 212 valence electrons. The van der Waals surface area contributed by atoms with Gasteiger partial charge in [-0.1, -0.05) is 12.1 Å². The lowest BCUT2D eigenvalue weighted by atomic mass is 9.75. The van der Waals surface area contributed by atoms with Crippen molar-refractivity contribution in [3.63, 3.8) is 0 Å². The Balaban J connectivity index is 1.66. The van der Waals surface area contributed by atoms with Gasteiger partial charge in [0.2, 0.25) is 0 Å². The van der Waals surface area contributed by atoms with Crippen LogP contribution < -0.4 is 0 Å². The first kappa shape index (κ1) is 29.1. The van der Waals surface area contributed by atoms with Crippen LogP contribution in [0.4, 0.5) is 39.5 Å². The number of benzene rings is 2. The molecule has 0 N–H and O–H groups in total. The molecule has 0 spiro atoms. The summed E-state index contributed by atoms with van der Waals surface area (Å²) >= 11 is 0. The van der Waals surface area contributed by atoms with Gasteiger partial charge >= 0.3 is 18.5 Å². The molecule has 0 aliphatic carbocycles. The number of alkyl halides is 9. The number of carbonyl (C=O) groups excluding carboxylic acids is 1. The van der Waals surface area contributed by atoms with E-state index >= 15 is 0 Å². The first-order valence-electron chi connectivity index (χ1n) is 11.5. The van der Waals surface area contributed by atoms with Crippen LogP contribution in [0.1, 0.15) is 51.0 Å². The van der Waals surface area contributed by atoms with Gasteiger partial charge in [-0.15, -0.1) is 0 Å². The summed E-state index contributed by atoms with van der Waals surface area (Å²) in [6, 6.07) is 3.92. The summed E-state index contributed by atoms with van der Waals surface area (Å²) < 4.78 is 146. The number of ketones is 1. The van der Waals surface area contributed by atoms with Crippen molar-refractivity contribution in [2.24, 2.45) is 10.9 Å². The van der Waals surface area contributed by atoms with E-state index in [0.717, 1.165) is 0 Å². The van der Waals surface area contributed by atoms with Crippen LogP contribution in [0, 0.1) is 12.8 Å². The molecule has 0 saturated carbocycles. The van der Waals surface area contributed by atoms with Gasteiger partial charge in [0.25, 0.3) is 0 Å². The molecule has 1 atom stereocenters. The molecule has 2 aromatic carbocycles. The molecule has 2 heterocycles. The van der Waals surface area contributed by atoms with Crippen molar-refractivity contribution in [3.05, 3.63) is 69.8 Å². The van der Waals surface area contributed by atoms with Gasteiger partial charge in [0.15, 0.2) is 15.6 Å². The summed E-state index contributed by atoms with van der Waals surface area (Å²) in [5.41, 5.74) is -7.54. The van der Waals surface area contributed by atoms with Crippen LogP contribution in [0.5, 0.6) is 0 Å². The second-order valence-corrected chi connectivity index (χ2v) is 12.1. The Morgan fingerprint density at radius 2 is 1.49 bits per heavy atom. The lowest BCUT2D eigenvalue weighted by Crippen LogP contribution is -2.44. The molecule has 14 heteroatoms. The average Bonchev–Trinajstić information content (AvgIpc) is 3.23. The van der Waals surface area contributed by atoms with E-state index in [4.69, 9.17) is 0 Å². The maximum atomic E-state index is 14.4. The third kappa shape index (κ3) is 5.71. The standard InChI is InChI=1S/C25H20F9NO3S/c1-13-4-15(2-3-19(13)21(36)5-14-10-39(37,38)11-14)20-9-22(12-35-20,25(32,33)34)16-6-17(23(26,27)28)8-18(7-16)24(29,30)31/h2-4,6-8,14H,5,9-12H2,1H3. The zero-order valence-electron chi connectivity index (χ0n) is 20.1. The number of halogens is 9. The fourth-order valence-corrected chi connectivity index (χ4v) is 6.49. The molecular weight excluding hydrogens is 565 g/mol. The molecule has 2 aromatic rings. The molecule has 0 radical (unpaired) electrons. The smallest absolute Gasteiger partial charge is 0.294 e. The topological polar surface area (TPSA) is 63.6 Å². The summed E-state index contributed by atoms with van der Waals surface area (Å²) in [6.45, 7) is 0.378. The number of nitrogens with zero attached hydrogens (tertiary/aromatic N) is 1. The fraction of sp³-hybridized carbons (Fsp3) is 0.440. The summed E-state index contributed by atoms with van der Waals surface area (Å²) in [6.07, 6.45) is -16.9. The highest BCUT2D eigenvalue weighted by molar-refractivity contribution is 7.92. The first-order valence-corrected chi connectivity index (χ1v) is 13.3. The molecule has 0 amide bonds. The van der Waals surface area contributed by atoms with Crippen LogP contribution >= 0.6 is 0 Å².